The highest BCUT2D eigenvalue weighted by atomic mass is 16.6. The van der Waals surface area contributed by atoms with Crippen LogP contribution in [-0.2, 0) is 0 Å². The molecule has 1 aliphatic heterocycles. The summed E-state index contributed by atoms with van der Waals surface area (Å²) in [4.78, 5) is 12.6. The van der Waals surface area contributed by atoms with Gasteiger partial charge in [0.1, 0.15) is 24.8 Å². The standard InChI is InChI=1S/C18H18N2O3/c1-3-12(2)20-15(6-4-14(11-19)18(20)21)13-5-7-16-17(10-13)23-9-8-22-16/h4-7,10,12H,3,8-9H2,1-2H3. The number of hydrogen-bond donors (Lipinski definition) is 0. The Morgan fingerprint density at radius 2 is 1.96 bits per heavy atom. The lowest BCUT2D eigenvalue weighted by molar-refractivity contribution is 0.171. The van der Waals surface area contributed by atoms with Gasteiger partial charge in [0, 0.05) is 11.6 Å². The minimum Gasteiger partial charge on any atom is -0.486 e. The third kappa shape index (κ3) is 2.68. The van der Waals surface area contributed by atoms with Gasteiger partial charge in [-0.1, -0.05) is 6.92 Å². The number of hydrogen-bond acceptors (Lipinski definition) is 4. The fraction of sp³-hybridized carbons (Fsp3) is 0.333. The molecule has 1 aromatic heterocycles. The minimum atomic E-state index is -0.255. The Labute approximate surface area is 134 Å². The monoisotopic (exact) mass is 310 g/mol. The first-order valence-corrected chi connectivity index (χ1v) is 7.71. The zero-order valence-electron chi connectivity index (χ0n) is 13.2. The Morgan fingerprint density at radius 3 is 2.65 bits per heavy atom. The molecular formula is C18H18N2O3. The van der Waals surface area contributed by atoms with Crippen LogP contribution in [0.15, 0.2) is 35.1 Å². The highest BCUT2D eigenvalue weighted by molar-refractivity contribution is 5.65. The Morgan fingerprint density at radius 1 is 1.22 bits per heavy atom. The summed E-state index contributed by atoms with van der Waals surface area (Å²) in [6.07, 6.45) is 0.798. The molecule has 1 aliphatic rings. The molecule has 0 saturated carbocycles. The van der Waals surface area contributed by atoms with Crippen molar-refractivity contribution in [1.29, 1.82) is 5.26 Å². The summed E-state index contributed by atoms with van der Waals surface area (Å²) < 4.78 is 12.8. The van der Waals surface area contributed by atoms with Gasteiger partial charge in [-0.3, -0.25) is 4.79 Å². The predicted octanol–water partition coefficient (Wildman–Crippen LogP) is 3.13. The summed E-state index contributed by atoms with van der Waals surface area (Å²) in [5, 5.41) is 9.12. The molecule has 1 aromatic carbocycles. The Bertz CT molecular complexity index is 833. The van der Waals surface area contributed by atoms with Crippen LogP contribution in [0.5, 0.6) is 11.5 Å². The van der Waals surface area contributed by atoms with Crippen LogP contribution in [-0.4, -0.2) is 17.8 Å². The molecular weight excluding hydrogens is 292 g/mol. The first-order chi connectivity index (χ1) is 11.2. The first kappa shape index (κ1) is 15.2. The van der Waals surface area contributed by atoms with Crippen molar-refractivity contribution in [3.8, 4) is 28.8 Å². The van der Waals surface area contributed by atoms with E-state index in [2.05, 4.69) is 0 Å². The molecule has 0 aliphatic carbocycles. The number of aromatic nitrogens is 1. The van der Waals surface area contributed by atoms with Gasteiger partial charge in [0.05, 0.1) is 5.69 Å². The average molecular weight is 310 g/mol. The molecule has 2 aromatic rings. The van der Waals surface area contributed by atoms with Gasteiger partial charge in [-0.15, -0.1) is 0 Å². The smallest absolute Gasteiger partial charge is 0.269 e. The normalized spacial score (nSPS) is 14.1. The second kappa shape index (κ2) is 6.17. The molecule has 5 heteroatoms. The molecule has 0 fully saturated rings. The fourth-order valence-corrected chi connectivity index (χ4v) is 2.70. The van der Waals surface area contributed by atoms with Gasteiger partial charge in [0.2, 0.25) is 0 Å². The van der Waals surface area contributed by atoms with E-state index in [0.717, 1.165) is 17.7 Å². The number of pyridine rings is 1. The minimum absolute atomic E-state index is 0.000925. The van der Waals surface area contributed by atoms with E-state index < -0.39 is 0 Å². The Hall–Kier alpha value is -2.74. The maximum absolute atomic E-state index is 12.6. The van der Waals surface area contributed by atoms with Crippen molar-refractivity contribution in [2.45, 2.75) is 26.3 Å². The largest absolute Gasteiger partial charge is 0.486 e. The summed E-state index contributed by atoms with van der Waals surface area (Å²) in [6.45, 7) is 5.05. The molecule has 1 unspecified atom stereocenters. The zero-order chi connectivity index (χ0) is 16.4. The van der Waals surface area contributed by atoms with Crippen molar-refractivity contribution in [3.63, 3.8) is 0 Å². The highest BCUT2D eigenvalue weighted by Crippen LogP contribution is 2.35. The van der Waals surface area contributed by atoms with E-state index in [-0.39, 0.29) is 17.2 Å². The van der Waals surface area contributed by atoms with Gasteiger partial charge < -0.3 is 14.0 Å². The quantitative estimate of drug-likeness (QED) is 0.873. The summed E-state index contributed by atoms with van der Waals surface area (Å²) >= 11 is 0. The van der Waals surface area contributed by atoms with Crippen molar-refractivity contribution >= 4 is 0 Å². The molecule has 0 bridgehead atoms. The molecule has 0 radical (unpaired) electrons. The molecule has 1 atom stereocenters. The van der Waals surface area contributed by atoms with Crippen molar-refractivity contribution in [2.75, 3.05) is 13.2 Å². The van der Waals surface area contributed by atoms with Gasteiger partial charge in [-0.05, 0) is 43.7 Å². The fourth-order valence-electron chi connectivity index (χ4n) is 2.70. The topological polar surface area (TPSA) is 64.2 Å². The van der Waals surface area contributed by atoms with Gasteiger partial charge in [0.15, 0.2) is 11.5 Å². The van der Waals surface area contributed by atoms with Crippen molar-refractivity contribution < 1.29 is 9.47 Å². The summed E-state index contributed by atoms with van der Waals surface area (Å²) in [5.41, 5.74) is 1.55. The number of nitriles is 1. The van der Waals surface area contributed by atoms with Crippen LogP contribution in [0.4, 0.5) is 0 Å². The lowest BCUT2D eigenvalue weighted by atomic mass is 10.1. The second-order valence-electron chi connectivity index (χ2n) is 5.53. The van der Waals surface area contributed by atoms with Gasteiger partial charge >= 0.3 is 0 Å². The average Bonchev–Trinajstić information content (AvgIpc) is 2.60. The van der Waals surface area contributed by atoms with Crippen LogP contribution in [0.3, 0.4) is 0 Å². The van der Waals surface area contributed by atoms with E-state index in [1.54, 1.807) is 10.6 Å². The summed E-state index contributed by atoms with van der Waals surface area (Å²) in [6, 6.07) is 11.0. The molecule has 0 spiro atoms. The van der Waals surface area contributed by atoms with E-state index in [1.165, 1.54) is 0 Å². The third-order valence-electron chi connectivity index (χ3n) is 4.11. The van der Waals surface area contributed by atoms with Crippen LogP contribution in [0.1, 0.15) is 31.9 Å². The predicted molar refractivity (Wildman–Crippen MR) is 86.8 cm³/mol. The van der Waals surface area contributed by atoms with Crippen LogP contribution in [0.25, 0.3) is 11.3 Å². The number of fused-ring (bicyclic) bond motifs is 1. The zero-order valence-corrected chi connectivity index (χ0v) is 13.2. The van der Waals surface area contributed by atoms with Gasteiger partial charge in [-0.2, -0.15) is 5.26 Å². The first-order valence-electron chi connectivity index (χ1n) is 7.71. The van der Waals surface area contributed by atoms with Gasteiger partial charge in [-0.25, -0.2) is 0 Å². The van der Waals surface area contributed by atoms with Crippen molar-refractivity contribution in [2.24, 2.45) is 0 Å². The molecule has 5 nitrogen and oxygen atoms in total. The van der Waals surface area contributed by atoms with E-state index in [1.807, 2.05) is 44.2 Å². The Kier molecular flexibility index (Phi) is 4.07. The number of ether oxygens (including phenoxy) is 2. The lowest BCUT2D eigenvalue weighted by Crippen LogP contribution is -2.26. The Balaban J connectivity index is 2.18. The van der Waals surface area contributed by atoms with E-state index in [9.17, 15) is 4.79 Å². The maximum atomic E-state index is 12.6. The number of benzene rings is 1. The third-order valence-corrected chi connectivity index (χ3v) is 4.11. The van der Waals surface area contributed by atoms with Crippen LogP contribution in [0, 0.1) is 11.3 Å². The molecule has 3 rings (SSSR count). The van der Waals surface area contributed by atoms with Crippen molar-refractivity contribution in [3.05, 3.63) is 46.2 Å². The highest BCUT2D eigenvalue weighted by Gasteiger charge is 2.17. The SMILES string of the molecule is CCC(C)n1c(-c2ccc3c(c2)OCCO3)ccc(C#N)c1=O. The van der Waals surface area contributed by atoms with E-state index in [0.29, 0.717) is 24.7 Å². The molecule has 2 heterocycles. The molecule has 0 saturated heterocycles. The van der Waals surface area contributed by atoms with Crippen LogP contribution < -0.4 is 15.0 Å². The molecule has 0 N–H and O–H groups in total. The maximum Gasteiger partial charge on any atom is 0.269 e. The summed E-state index contributed by atoms with van der Waals surface area (Å²) in [7, 11) is 0. The lowest BCUT2D eigenvalue weighted by Gasteiger charge is -2.22. The van der Waals surface area contributed by atoms with E-state index in [4.69, 9.17) is 14.7 Å². The van der Waals surface area contributed by atoms with E-state index >= 15 is 0 Å². The van der Waals surface area contributed by atoms with Crippen LogP contribution >= 0.6 is 0 Å². The van der Waals surface area contributed by atoms with Gasteiger partial charge in [0.25, 0.3) is 5.56 Å². The number of nitrogens with zero attached hydrogens (tertiary/aromatic N) is 2. The van der Waals surface area contributed by atoms with Crippen LogP contribution in [0.2, 0.25) is 0 Å². The van der Waals surface area contributed by atoms with Crippen molar-refractivity contribution in [1.82, 2.24) is 4.57 Å². The molecule has 118 valence electrons. The summed E-state index contributed by atoms with van der Waals surface area (Å²) in [5.74, 6) is 1.40. The molecule has 23 heavy (non-hydrogen) atoms. The molecule has 0 amide bonds. The second-order valence-corrected chi connectivity index (χ2v) is 5.53. The number of rotatable bonds is 3.